The zero-order chi connectivity index (χ0) is 18.7. The van der Waals surface area contributed by atoms with Crippen molar-refractivity contribution >= 4 is 42.6 Å². The number of nitrogens with one attached hydrogen (secondary N) is 1. The van der Waals surface area contributed by atoms with Crippen molar-refractivity contribution in [1.29, 1.82) is 0 Å². The summed E-state index contributed by atoms with van der Waals surface area (Å²) in [5.41, 5.74) is 1.70. The number of primary sulfonamides is 1. The van der Waals surface area contributed by atoms with Crippen LogP contribution in [0.1, 0.15) is 5.56 Å². The van der Waals surface area contributed by atoms with E-state index in [1.165, 1.54) is 23.5 Å². The molecule has 0 aliphatic carbocycles. The average Bonchev–Trinajstić information content (AvgIpc) is 3.04. The molecule has 0 atom stereocenters. The summed E-state index contributed by atoms with van der Waals surface area (Å²) >= 11 is 1.53. The molecule has 9 heteroatoms. The molecule has 0 aliphatic heterocycles. The second kappa shape index (κ2) is 7.40. The average molecular weight is 390 g/mol. The Morgan fingerprint density at radius 2 is 1.88 bits per heavy atom. The number of nitrogens with two attached hydrogens (primary N) is 1. The fourth-order valence-corrected chi connectivity index (χ4v) is 3.80. The maximum Gasteiger partial charge on any atom is 0.239 e. The number of anilines is 1. The number of carbonyl (C=O) groups excluding carboxylic acids is 1. The Kier molecular flexibility index (Phi) is 5.21. The predicted molar refractivity (Wildman–Crippen MR) is 103 cm³/mol. The summed E-state index contributed by atoms with van der Waals surface area (Å²) in [6, 6.07) is 13.9. The van der Waals surface area contributed by atoms with Gasteiger partial charge in [0.25, 0.3) is 0 Å². The van der Waals surface area contributed by atoms with Gasteiger partial charge >= 0.3 is 0 Å². The third kappa shape index (κ3) is 4.37. The fraction of sp³-hybridized carbons (Fsp3) is 0.176. The molecular formula is C17H18N4O3S2. The van der Waals surface area contributed by atoms with E-state index in [2.05, 4.69) is 10.3 Å². The summed E-state index contributed by atoms with van der Waals surface area (Å²) in [5.74, 6) is -0.151. The molecule has 0 radical (unpaired) electrons. The SMILES string of the molecule is CN(CC(=O)NCc1ccc(S(N)(=O)=O)cc1)c1nc2ccccc2s1. The van der Waals surface area contributed by atoms with Crippen LogP contribution in [-0.4, -0.2) is 32.9 Å². The lowest BCUT2D eigenvalue weighted by Crippen LogP contribution is -2.34. The third-order valence-electron chi connectivity index (χ3n) is 3.73. The van der Waals surface area contributed by atoms with E-state index in [4.69, 9.17) is 5.14 Å². The van der Waals surface area contributed by atoms with Crippen molar-refractivity contribution in [1.82, 2.24) is 10.3 Å². The quantitative estimate of drug-likeness (QED) is 0.666. The highest BCUT2D eigenvalue weighted by Crippen LogP contribution is 2.27. The molecule has 0 fully saturated rings. The molecule has 1 heterocycles. The van der Waals surface area contributed by atoms with E-state index < -0.39 is 10.0 Å². The van der Waals surface area contributed by atoms with Gasteiger partial charge in [0.2, 0.25) is 15.9 Å². The van der Waals surface area contributed by atoms with Gasteiger partial charge < -0.3 is 10.2 Å². The molecule has 3 rings (SSSR count). The van der Waals surface area contributed by atoms with E-state index in [0.717, 1.165) is 20.9 Å². The van der Waals surface area contributed by atoms with Crippen molar-refractivity contribution in [3.63, 3.8) is 0 Å². The van der Waals surface area contributed by atoms with E-state index >= 15 is 0 Å². The maximum atomic E-state index is 12.1. The number of thiazole rings is 1. The maximum absolute atomic E-state index is 12.1. The highest BCUT2D eigenvalue weighted by molar-refractivity contribution is 7.89. The third-order valence-corrected chi connectivity index (χ3v) is 5.81. The van der Waals surface area contributed by atoms with Crippen LogP contribution in [0.25, 0.3) is 10.2 Å². The number of carbonyl (C=O) groups is 1. The Labute approximate surface area is 155 Å². The van der Waals surface area contributed by atoms with E-state index in [1.54, 1.807) is 17.0 Å². The zero-order valence-corrected chi connectivity index (χ0v) is 15.7. The summed E-state index contributed by atoms with van der Waals surface area (Å²) in [6.45, 7) is 0.479. The second-order valence-corrected chi connectivity index (χ2v) is 8.36. The predicted octanol–water partition coefficient (Wildman–Crippen LogP) is 1.70. The van der Waals surface area contributed by atoms with Crippen molar-refractivity contribution < 1.29 is 13.2 Å². The summed E-state index contributed by atoms with van der Waals surface area (Å²) in [6.07, 6.45) is 0. The number of fused-ring (bicyclic) bond motifs is 1. The van der Waals surface area contributed by atoms with Crippen molar-refractivity contribution in [3.05, 3.63) is 54.1 Å². The van der Waals surface area contributed by atoms with E-state index in [1.807, 2.05) is 31.3 Å². The number of hydrogen-bond donors (Lipinski definition) is 2. The van der Waals surface area contributed by atoms with Crippen LogP contribution >= 0.6 is 11.3 Å². The smallest absolute Gasteiger partial charge is 0.239 e. The standard InChI is InChI=1S/C17H18N4O3S2/c1-21(17-20-14-4-2-3-5-15(14)25-17)11-16(22)19-10-12-6-8-13(9-7-12)26(18,23)24/h2-9H,10-11H2,1H3,(H,19,22)(H2,18,23,24). The van der Waals surface area contributed by atoms with Crippen molar-refractivity contribution in [2.75, 3.05) is 18.5 Å². The van der Waals surface area contributed by atoms with Gasteiger partial charge in [-0.3, -0.25) is 4.79 Å². The monoisotopic (exact) mass is 390 g/mol. The Morgan fingerprint density at radius 1 is 1.19 bits per heavy atom. The molecule has 3 N–H and O–H groups in total. The van der Waals surface area contributed by atoms with Crippen molar-refractivity contribution in [2.24, 2.45) is 5.14 Å². The number of sulfonamides is 1. The van der Waals surface area contributed by atoms with Gasteiger partial charge in [-0.1, -0.05) is 35.6 Å². The van der Waals surface area contributed by atoms with Gasteiger partial charge in [0.05, 0.1) is 21.7 Å². The molecule has 1 aromatic heterocycles. The molecule has 0 saturated carbocycles. The molecule has 0 spiro atoms. The Bertz CT molecular complexity index is 997. The Balaban J connectivity index is 1.56. The lowest BCUT2D eigenvalue weighted by atomic mass is 10.2. The molecule has 0 unspecified atom stereocenters. The van der Waals surface area contributed by atoms with Gasteiger partial charge in [-0.25, -0.2) is 18.5 Å². The van der Waals surface area contributed by atoms with E-state index in [9.17, 15) is 13.2 Å². The number of rotatable bonds is 6. The fourth-order valence-electron chi connectivity index (χ4n) is 2.36. The first-order valence-corrected chi connectivity index (χ1v) is 10.1. The first kappa shape index (κ1) is 18.3. The molecular weight excluding hydrogens is 372 g/mol. The summed E-state index contributed by atoms with van der Waals surface area (Å²) < 4.78 is 23.5. The molecule has 26 heavy (non-hydrogen) atoms. The topological polar surface area (TPSA) is 105 Å². The first-order valence-electron chi connectivity index (χ1n) is 7.78. The number of likely N-dealkylation sites (N-methyl/N-ethyl adjacent to an activating group) is 1. The lowest BCUT2D eigenvalue weighted by Gasteiger charge is -2.15. The molecule has 2 aromatic carbocycles. The van der Waals surface area contributed by atoms with Crippen LogP contribution in [0, 0.1) is 0 Å². The number of hydrogen-bond acceptors (Lipinski definition) is 6. The minimum absolute atomic E-state index is 0.0446. The van der Waals surface area contributed by atoms with Crippen LogP contribution < -0.4 is 15.4 Å². The van der Waals surface area contributed by atoms with Crippen LogP contribution in [0.4, 0.5) is 5.13 Å². The first-order chi connectivity index (χ1) is 12.3. The molecule has 7 nitrogen and oxygen atoms in total. The number of para-hydroxylation sites is 1. The van der Waals surface area contributed by atoms with Gasteiger partial charge in [0, 0.05) is 13.6 Å². The van der Waals surface area contributed by atoms with Gasteiger partial charge in [0.1, 0.15) is 0 Å². The minimum Gasteiger partial charge on any atom is -0.350 e. The van der Waals surface area contributed by atoms with Gasteiger partial charge in [0.15, 0.2) is 5.13 Å². The van der Waals surface area contributed by atoms with Crippen LogP contribution in [0.5, 0.6) is 0 Å². The molecule has 0 saturated heterocycles. The lowest BCUT2D eigenvalue weighted by molar-refractivity contribution is -0.119. The summed E-state index contributed by atoms with van der Waals surface area (Å²) in [4.78, 5) is 18.5. The minimum atomic E-state index is -3.71. The van der Waals surface area contributed by atoms with Crippen LogP contribution in [0.3, 0.4) is 0 Å². The van der Waals surface area contributed by atoms with Gasteiger partial charge in [-0.05, 0) is 29.8 Å². The number of amides is 1. The highest BCUT2D eigenvalue weighted by atomic mass is 32.2. The van der Waals surface area contributed by atoms with E-state index in [0.29, 0.717) is 6.54 Å². The Hall–Kier alpha value is -2.49. The summed E-state index contributed by atoms with van der Waals surface area (Å²) in [5, 5.41) is 8.64. The van der Waals surface area contributed by atoms with Gasteiger partial charge in [-0.15, -0.1) is 0 Å². The highest BCUT2D eigenvalue weighted by Gasteiger charge is 2.12. The molecule has 136 valence electrons. The van der Waals surface area contributed by atoms with Crippen molar-refractivity contribution in [2.45, 2.75) is 11.4 Å². The molecule has 0 aliphatic rings. The molecule has 1 amide bonds. The second-order valence-electron chi connectivity index (χ2n) is 5.79. The Morgan fingerprint density at radius 3 is 2.54 bits per heavy atom. The normalized spacial score (nSPS) is 11.5. The van der Waals surface area contributed by atoms with Crippen LogP contribution in [0.15, 0.2) is 53.4 Å². The number of aromatic nitrogens is 1. The van der Waals surface area contributed by atoms with Crippen molar-refractivity contribution in [3.8, 4) is 0 Å². The van der Waals surface area contributed by atoms with E-state index in [-0.39, 0.29) is 17.3 Å². The number of nitrogens with zero attached hydrogens (tertiary/aromatic N) is 2. The summed E-state index contributed by atoms with van der Waals surface area (Å²) in [7, 11) is -1.89. The number of benzene rings is 2. The largest absolute Gasteiger partial charge is 0.350 e. The van der Waals surface area contributed by atoms with Gasteiger partial charge in [-0.2, -0.15) is 0 Å². The molecule has 0 bridgehead atoms. The zero-order valence-electron chi connectivity index (χ0n) is 14.0. The molecule has 3 aromatic rings. The van der Waals surface area contributed by atoms with Crippen LogP contribution in [0.2, 0.25) is 0 Å². The van der Waals surface area contributed by atoms with Crippen LogP contribution in [-0.2, 0) is 21.4 Å².